The molecule has 2 aromatic rings. The minimum atomic E-state index is -0.401. The molecular formula is C19H23N3O5. The Labute approximate surface area is 155 Å². The predicted octanol–water partition coefficient (Wildman–Crippen LogP) is 1.64. The van der Waals surface area contributed by atoms with Crippen molar-refractivity contribution in [2.45, 2.75) is 37.8 Å². The molecule has 3 heterocycles. The van der Waals surface area contributed by atoms with Gasteiger partial charge in [-0.15, -0.1) is 0 Å². The molecule has 27 heavy (non-hydrogen) atoms. The van der Waals surface area contributed by atoms with Crippen molar-refractivity contribution in [2.24, 2.45) is 0 Å². The Hall–Kier alpha value is -2.61. The van der Waals surface area contributed by atoms with Gasteiger partial charge in [-0.1, -0.05) is 12.1 Å². The Morgan fingerprint density at radius 1 is 1.07 bits per heavy atom. The first-order chi connectivity index (χ1) is 13.1. The first-order valence-electron chi connectivity index (χ1n) is 9.40. The summed E-state index contributed by atoms with van der Waals surface area (Å²) in [6, 6.07) is 6.77. The Morgan fingerprint density at radius 2 is 1.78 bits per heavy atom. The molecule has 8 heteroatoms. The molecule has 1 N–H and O–H groups in total. The van der Waals surface area contributed by atoms with Crippen LogP contribution in [0.2, 0.25) is 0 Å². The molecule has 1 aromatic carbocycles. The normalized spacial score (nSPS) is 19.3. The fraction of sp³-hybridized carbons (Fsp3) is 0.526. The predicted molar refractivity (Wildman–Crippen MR) is 99.0 cm³/mol. The number of fused-ring (bicyclic) bond motifs is 1. The second-order valence-corrected chi connectivity index (χ2v) is 7.06. The minimum Gasteiger partial charge on any atom is -0.446 e. The number of carbonyl (C=O) groups excluding carboxylic acids is 1. The summed E-state index contributed by atoms with van der Waals surface area (Å²) >= 11 is 0. The molecule has 0 bridgehead atoms. The van der Waals surface area contributed by atoms with E-state index in [0.29, 0.717) is 50.0 Å². The summed E-state index contributed by atoms with van der Waals surface area (Å²) in [5.41, 5.74) is -0.138. The second-order valence-electron chi connectivity index (χ2n) is 7.06. The molecule has 1 amide bonds. The Morgan fingerprint density at radius 3 is 2.52 bits per heavy atom. The lowest BCUT2D eigenvalue weighted by Crippen LogP contribution is -2.45. The number of piperidine rings is 1. The van der Waals surface area contributed by atoms with Crippen LogP contribution < -0.4 is 11.2 Å². The van der Waals surface area contributed by atoms with Crippen molar-refractivity contribution in [3.8, 4) is 0 Å². The SMILES string of the molecule is O=C(OC1CCOCC1)N1CCC(n2c(=O)[nH]c3ccccc3c2=O)CC1. The maximum atomic E-state index is 12.8. The topological polar surface area (TPSA) is 93.6 Å². The number of ether oxygens (including phenoxy) is 2. The molecule has 2 aliphatic heterocycles. The zero-order chi connectivity index (χ0) is 18.8. The highest BCUT2D eigenvalue weighted by Crippen LogP contribution is 2.22. The van der Waals surface area contributed by atoms with Crippen LogP contribution in [0, 0.1) is 0 Å². The van der Waals surface area contributed by atoms with Gasteiger partial charge < -0.3 is 19.4 Å². The number of nitrogens with zero attached hydrogens (tertiary/aromatic N) is 2. The number of H-pyrrole nitrogens is 1. The summed E-state index contributed by atoms with van der Waals surface area (Å²) in [7, 11) is 0. The number of aromatic amines is 1. The van der Waals surface area contributed by atoms with Crippen molar-refractivity contribution in [2.75, 3.05) is 26.3 Å². The van der Waals surface area contributed by atoms with Crippen molar-refractivity contribution < 1.29 is 14.3 Å². The number of hydrogen-bond donors (Lipinski definition) is 1. The zero-order valence-corrected chi connectivity index (χ0v) is 15.1. The number of nitrogens with one attached hydrogen (secondary N) is 1. The van der Waals surface area contributed by atoms with Gasteiger partial charge in [-0.05, 0) is 25.0 Å². The van der Waals surface area contributed by atoms with Gasteiger partial charge in [0.1, 0.15) is 6.10 Å². The third-order valence-electron chi connectivity index (χ3n) is 5.36. The largest absolute Gasteiger partial charge is 0.446 e. The molecular weight excluding hydrogens is 350 g/mol. The lowest BCUT2D eigenvalue weighted by atomic mass is 10.0. The number of carbonyl (C=O) groups is 1. The number of aromatic nitrogens is 2. The number of benzene rings is 1. The monoisotopic (exact) mass is 373 g/mol. The minimum absolute atomic E-state index is 0.0880. The van der Waals surface area contributed by atoms with Gasteiger partial charge in [0, 0.05) is 32.0 Å². The molecule has 2 saturated heterocycles. The van der Waals surface area contributed by atoms with E-state index in [-0.39, 0.29) is 23.8 Å². The standard InChI is InChI=1S/C19H23N3O5/c23-17-15-3-1-2-4-16(15)20-18(24)22(17)13-5-9-21(10-6-13)19(25)27-14-7-11-26-12-8-14/h1-4,13-14H,5-12H2,(H,20,24). The number of para-hydroxylation sites is 1. The summed E-state index contributed by atoms with van der Waals surface area (Å²) in [5.74, 6) is 0. The fourth-order valence-electron chi connectivity index (χ4n) is 3.83. The van der Waals surface area contributed by atoms with E-state index in [9.17, 15) is 14.4 Å². The van der Waals surface area contributed by atoms with Crippen LogP contribution >= 0.6 is 0 Å². The van der Waals surface area contributed by atoms with E-state index in [1.165, 1.54) is 4.57 Å². The fourth-order valence-corrected chi connectivity index (χ4v) is 3.83. The Balaban J connectivity index is 1.45. The summed E-state index contributed by atoms with van der Waals surface area (Å²) in [6.45, 7) is 2.16. The third-order valence-corrected chi connectivity index (χ3v) is 5.36. The highest BCUT2D eigenvalue weighted by molar-refractivity contribution is 5.76. The van der Waals surface area contributed by atoms with Gasteiger partial charge in [0.25, 0.3) is 5.56 Å². The molecule has 0 atom stereocenters. The zero-order valence-electron chi connectivity index (χ0n) is 15.1. The van der Waals surface area contributed by atoms with E-state index in [4.69, 9.17) is 9.47 Å². The van der Waals surface area contributed by atoms with Gasteiger partial charge in [-0.3, -0.25) is 9.36 Å². The summed E-state index contributed by atoms with van der Waals surface area (Å²) in [5, 5.41) is 0.499. The smallest absolute Gasteiger partial charge is 0.410 e. The van der Waals surface area contributed by atoms with E-state index in [2.05, 4.69) is 4.98 Å². The molecule has 8 nitrogen and oxygen atoms in total. The van der Waals surface area contributed by atoms with Crippen LogP contribution in [0.4, 0.5) is 4.79 Å². The highest BCUT2D eigenvalue weighted by Gasteiger charge is 2.28. The van der Waals surface area contributed by atoms with Crippen LogP contribution in [0.1, 0.15) is 31.7 Å². The highest BCUT2D eigenvalue weighted by atomic mass is 16.6. The quantitative estimate of drug-likeness (QED) is 0.864. The molecule has 0 radical (unpaired) electrons. The Kier molecular flexibility index (Phi) is 4.98. The molecule has 0 unspecified atom stereocenters. The van der Waals surface area contributed by atoms with Crippen LogP contribution in [0.15, 0.2) is 33.9 Å². The van der Waals surface area contributed by atoms with Crippen LogP contribution in [-0.2, 0) is 9.47 Å². The number of likely N-dealkylation sites (tertiary alicyclic amines) is 1. The maximum absolute atomic E-state index is 12.8. The molecule has 1 aromatic heterocycles. The van der Waals surface area contributed by atoms with Gasteiger partial charge in [-0.2, -0.15) is 0 Å². The first-order valence-corrected chi connectivity index (χ1v) is 9.40. The van der Waals surface area contributed by atoms with E-state index in [1.54, 1.807) is 29.2 Å². The summed E-state index contributed by atoms with van der Waals surface area (Å²) < 4.78 is 12.1. The van der Waals surface area contributed by atoms with Crippen molar-refractivity contribution >= 4 is 17.0 Å². The third kappa shape index (κ3) is 3.62. The molecule has 4 rings (SSSR count). The summed E-state index contributed by atoms with van der Waals surface area (Å²) in [6.07, 6.45) is 2.14. The molecule has 0 spiro atoms. The van der Waals surface area contributed by atoms with Crippen molar-refractivity contribution in [3.05, 3.63) is 45.1 Å². The van der Waals surface area contributed by atoms with Crippen molar-refractivity contribution in [3.63, 3.8) is 0 Å². The van der Waals surface area contributed by atoms with E-state index in [1.807, 2.05) is 0 Å². The van der Waals surface area contributed by atoms with Crippen LogP contribution in [0.25, 0.3) is 10.9 Å². The van der Waals surface area contributed by atoms with Gasteiger partial charge in [0.05, 0.1) is 24.1 Å². The molecule has 144 valence electrons. The average Bonchev–Trinajstić information content (AvgIpc) is 2.69. The molecule has 0 saturated carbocycles. The van der Waals surface area contributed by atoms with Crippen molar-refractivity contribution in [1.29, 1.82) is 0 Å². The van der Waals surface area contributed by atoms with E-state index in [0.717, 1.165) is 12.8 Å². The van der Waals surface area contributed by atoms with Gasteiger partial charge in [-0.25, -0.2) is 9.59 Å². The molecule has 0 aliphatic carbocycles. The van der Waals surface area contributed by atoms with E-state index < -0.39 is 5.69 Å². The number of amides is 1. The molecule has 2 aliphatic rings. The lowest BCUT2D eigenvalue weighted by Gasteiger charge is -2.33. The average molecular weight is 373 g/mol. The van der Waals surface area contributed by atoms with Crippen LogP contribution in [0.3, 0.4) is 0 Å². The maximum Gasteiger partial charge on any atom is 0.410 e. The van der Waals surface area contributed by atoms with Gasteiger partial charge in [0.2, 0.25) is 0 Å². The van der Waals surface area contributed by atoms with Crippen molar-refractivity contribution in [1.82, 2.24) is 14.5 Å². The van der Waals surface area contributed by atoms with E-state index >= 15 is 0 Å². The second kappa shape index (κ2) is 7.56. The first kappa shape index (κ1) is 17.8. The number of hydrogen-bond acceptors (Lipinski definition) is 5. The van der Waals surface area contributed by atoms with Crippen LogP contribution in [0.5, 0.6) is 0 Å². The van der Waals surface area contributed by atoms with Gasteiger partial charge >= 0.3 is 11.8 Å². The lowest BCUT2D eigenvalue weighted by molar-refractivity contribution is -0.0128. The van der Waals surface area contributed by atoms with Crippen LogP contribution in [-0.4, -0.2) is 53.0 Å². The molecule has 2 fully saturated rings. The Bertz CT molecular complexity index is 936. The number of rotatable bonds is 2. The summed E-state index contributed by atoms with van der Waals surface area (Å²) in [4.78, 5) is 42.0. The van der Waals surface area contributed by atoms with Gasteiger partial charge in [0.15, 0.2) is 0 Å².